The smallest absolute Gasteiger partial charge is 0.276 e. The number of nitrogens with zero attached hydrogens (tertiary/aromatic N) is 2. The monoisotopic (exact) mass is 341 g/mol. The van der Waals surface area contributed by atoms with Crippen LogP contribution in [0.1, 0.15) is 27.3 Å². The van der Waals surface area contributed by atoms with Gasteiger partial charge in [0.15, 0.2) is 5.69 Å². The van der Waals surface area contributed by atoms with Crippen LogP contribution in [-0.2, 0) is 24.2 Å². The van der Waals surface area contributed by atoms with E-state index in [1.54, 1.807) is 0 Å². The summed E-state index contributed by atoms with van der Waals surface area (Å²) in [6.07, 6.45) is 0.881. The zero-order valence-corrected chi connectivity index (χ0v) is 14.2. The molecule has 0 bridgehead atoms. The molecule has 1 aromatic heterocycles. The van der Waals surface area contributed by atoms with Gasteiger partial charge >= 0.3 is 0 Å². The van der Waals surface area contributed by atoms with E-state index in [2.05, 4.69) is 37.9 Å². The molecule has 1 saturated heterocycles. The van der Waals surface area contributed by atoms with Crippen molar-refractivity contribution in [3.63, 3.8) is 0 Å². The molecule has 25 heavy (non-hydrogen) atoms. The van der Waals surface area contributed by atoms with Gasteiger partial charge in [-0.1, -0.05) is 12.1 Å². The van der Waals surface area contributed by atoms with E-state index in [9.17, 15) is 4.79 Å². The number of morpholine rings is 1. The Kier molecular flexibility index (Phi) is 4.78. The Labute approximate surface area is 146 Å². The summed E-state index contributed by atoms with van der Waals surface area (Å²) in [5, 5.41) is 13.4. The molecule has 132 valence electrons. The van der Waals surface area contributed by atoms with Crippen molar-refractivity contribution in [2.24, 2.45) is 0 Å². The van der Waals surface area contributed by atoms with Crippen LogP contribution in [0.5, 0.6) is 0 Å². The third kappa shape index (κ3) is 3.73. The van der Waals surface area contributed by atoms with Crippen LogP contribution in [0.4, 0.5) is 5.69 Å². The number of ether oxygens (including phenoxy) is 1. The van der Waals surface area contributed by atoms with Gasteiger partial charge in [-0.15, -0.1) is 0 Å². The highest BCUT2D eigenvalue weighted by atomic mass is 16.5. The highest BCUT2D eigenvalue weighted by Crippen LogP contribution is 2.18. The largest absolute Gasteiger partial charge is 0.379 e. The zero-order valence-electron chi connectivity index (χ0n) is 14.2. The van der Waals surface area contributed by atoms with Crippen LogP contribution in [0.25, 0.3) is 0 Å². The number of benzene rings is 1. The molecule has 2 aliphatic heterocycles. The van der Waals surface area contributed by atoms with Crippen molar-refractivity contribution in [2.45, 2.75) is 19.5 Å². The first-order chi connectivity index (χ1) is 12.3. The predicted octanol–water partition coefficient (Wildman–Crippen LogP) is 1.14. The average molecular weight is 341 g/mol. The van der Waals surface area contributed by atoms with Gasteiger partial charge < -0.3 is 15.4 Å². The third-order valence-corrected chi connectivity index (χ3v) is 4.74. The number of fused-ring (bicyclic) bond motifs is 1. The molecule has 0 saturated carbocycles. The lowest BCUT2D eigenvalue weighted by Crippen LogP contribution is -2.35. The molecule has 1 aromatic carbocycles. The normalized spacial score (nSPS) is 17.9. The summed E-state index contributed by atoms with van der Waals surface area (Å²) in [6, 6.07) is 8.02. The molecule has 7 heteroatoms. The third-order valence-electron chi connectivity index (χ3n) is 4.74. The van der Waals surface area contributed by atoms with Crippen molar-refractivity contribution >= 4 is 11.6 Å². The van der Waals surface area contributed by atoms with Crippen LogP contribution in [0.15, 0.2) is 24.3 Å². The van der Waals surface area contributed by atoms with Crippen molar-refractivity contribution in [2.75, 3.05) is 38.2 Å². The fourth-order valence-corrected chi connectivity index (χ4v) is 3.31. The minimum Gasteiger partial charge on any atom is -0.379 e. The van der Waals surface area contributed by atoms with Crippen LogP contribution in [-0.4, -0.2) is 53.9 Å². The van der Waals surface area contributed by atoms with Gasteiger partial charge in [-0.05, 0) is 17.7 Å². The fourth-order valence-electron chi connectivity index (χ4n) is 3.31. The zero-order chi connectivity index (χ0) is 17.1. The van der Waals surface area contributed by atoms with E-state index in [4.69, 9.17) is 4.74 Å². The Morgan fingerprint density at radius 2 is 2.04 bits per heavy atom. The lowest BCUT2D eigenvalue weighted by Gasteiger charge is -2.26. The molecule has 0 spiro atoms. The Hall–Kier alpha value is -2.22. The summed E-state index contributed by atoms with van der Waals surface area (Å²) in [6.45, 7) is 6.06. The highest BCUT2D eigenvalue weighted by molar-refractivity contribution is 6.04. The Balaban J connectivity index is 1.39. The standard InChI is InChI=1S/C18H23N5O2/c24-18(17-15-11-19-6-5-16(15)21-22-17)20-14-3-1-13(2-4-14)12-23-7-9-25-10-8-23/h1-4,19H,5-12H2,(H,20,24)(H,21,22). The number of carbonyl (C=O) groups excluding carboxylic acids is 1. The van der Waals surface area contributed by atoms with Crippen molar-refractivity contribution in [1.29, 1.82) is 0 Å². The van der Waals surface area contributed by atoms with Gasteiger partial charge in [0.2, 0.25) is 0 Å². The molecule has 0 aliphatic carbocycles. The van der Waals surface area contributed by atoms with Crippen molar-refractivity contribution in [3.05, 3.63) is 46.8 Å². The van der Waals surface area contributed by atoms with E-state index >= 15 is 0 Å². The van der Waals surface area contributed by atoms with Crippen LogP contribution in [0.2, 0.25) is 0 Å². The maximum absolute atomic E-state index is 12.5. The lowest BCUT2D eigenvalue weighted by atomic mass is 10.1. The van der Waals surface area contributed by atoms with E-state index < -0.39 is 0 Å². The maximum Gasteiger partial charge on any atom is 0.276 e. The average Bonchev–Trinajstić information content (AvgIpc) is 3.08. The van der Waals surface area contributed by atoms with E-state index in [1.807, 2.05) is 12.1 Å². The van der Waals surface area contributed by atoms with E-state index in [-0.39, 0.29) is 5.91 Å². The van der Waals surface area contributed by atoms with Crippen molar-refractivity contribution in [3.8, 4) is 0 Å². The molecule has 3 N–H and O–H groups in total. The summed E-state index contributed by atoms with van der Waals surface area (Å²) in [7, 11) is 0. The molecule has 0 unspecified atom stereocenters. The molecular weight excluding hydrogens is 318 g/mol. The van der Waals surface area contributed by atoms with E-state index in [1.165, 1.54) is 5.56 Å². The van der Waals surface area contributed by atoms with E-state index in [0.717, 1.165) is 62.8 Å². The predicted molar refractivity (Wildman–Crippen MR) is 94.5 cm³/mol. The molecule has 7 nitrogen and oxygen atoms in total. The number of anilines is 1. The number of hydrogen-bond donors (Lipinski definition) is 3. The Bertz CT molecular complexity index is 734. The second-order valence-electron chi connectivity index (χ2n) is 6.50. The summed E-state index contributed by atoms with van der Waals surface area (Å²) >= 11 is 0. The van der Waals surface area contributed by atoms with Crippen molar-refractivity contribution < 1.29 is 9.53 Å². The van der Waals surface area contributed by atoms with Gasteiger partial charge in [0, 0.05) is 56.1 Å². The number of nitrogens with one attached hydrogen (secondary N) is 3. The molecular formula is C18H23N5O2. The van der Waals surface area contributed by atoms with Crippen LogP contribution >= 0.6 is 0 Å². The summed E-state index contributed by atoms with van der Waals surface area (Å²) in [5.74, 6) is -0.165. The number of H-pyrrole nitrogens is 1. The van der Waals surface area contributed by atoms with Gasteiger partial charge in [-0.25, -0.2) is 0 Å². The first kappa shape index (κ1) is 16.3. The van der Waals surface area contributed by atoms with Crippen LogP contribution < -0.4 is 10.6 Å². The second kappa shape index (κ2) is 7.35. The van der Waals surface area contributed by atoms with Gasteiger partial charge in [-0.2, -0.15) is 5.10 Å². The van der Waals surface area contributed by atoms with Crippen molar-refractivity contribution in [1.82, 2.24) is 20.4 Å². The maximum atomic E-state index is 12.5. The Morgan fingerprint density at radius 1 is 1.24 bits per heavy atom. The summed E-state index contributed by atoms with van der Waals surface area (Å²) < 4.78 is 5.37. The van der Waals surface area contributed by atoms with Gasteiger partial charge in [-0.3, -0.25) is 14.8 Å². The lowest BCUT2D eigenvalue weighted by molar-refractivity contribution is 0.0342. The minimum atomic E-state index is -0.165. The second-order valence-corrected chi connectivity index (χ2v) is 6.50. The highest BCUT2D eigenvalue weighted by Gasteiger charge is 2.21. The number of carbonyl (C=O) groups is 1. The number of aromatic nitrogens is 2. The molecule has 1 amide bonds. The molecule has 3 heterocycles. The quantitative estimate of drug-likeness (QED) is 0.777. The summed E-state index contributed by atoms with van der Waals surface area (Å²) in [5.41, 5.74) is 4.55. The molecule has 1 fully saturated rings. The first-order valence-electron chi connectivity index (χ1n) is 8.77. The number of aromatic amines is 1. The molecule has 0 atom stereocenters. The molecule has 4 rings (SSSR count). The summed E-state index contributed by atoms with van der Waals surface area (Å²) in [4.78, 5) is 14.9. The topological polar surface area (TPSA) is 82.3 Å². The SMILES string of the molecule is O=C(Nc1ccc(CN2CCOCC2)cc1)c1n[nH]c2c1CNCC2. The van der Waals surface area contributed by atoms with Crippen LogP contribution in [0, 0.1) is 0 Å². The first-order valence-corrected chi connectivity index (χ1v) is 8.77. The van der Waals surface area contributed by atoms with Gasteiger partial charge in [0.05, 0.1) is 13.2 Å². The number of amides is 1. The van der Waals surface area contributed by atoms with Gasteiger partial charge in [0.25, 0.3) is 5.91 Å². The fraction of sp³-hybridized carbons (Fsp3) is 0.444. The number of rotatable bonds is 4. The minimum absolute atomic E-state index is 0.165. The van der Waals surface area contributed by atoms with E-state index in [0.29, 0.717) is 12.2 Å². The Morgan fingerprint density at radius 3 is 2.84 bits per heavy atom. The van der Waals surface area contributed by atoms with Gasteiger partial charge in [0.1, 0.15) is 0 Å². The number of hydrogen-bond acceptors (Lipinski definition) is 5. The molecule has 0 radical (unpaired) electrons. The molecule has 2 aliphatic rings. The molecule has 2 aromatic rings. The van der Waals surface area contributed by atoms with Crippen LogP contribution in [0.3, 0.4) is 0 Å².